The molecule has 2 aromatic carbocycles. The molecule has 0 spiro atoms. The number of esters is 1. The summed E-state index contributed by atoms with van der Waals surface area (Å²) in [6.45, 7) is 10.4. The molecule has 1 atom stereocenters. The highest BCUT2D eigenvalue weighted by Crippen LogP contribution is 2.37. The van der Waals surface area contributed by atoms with Gasteiger partial charge in [-0.1, -0.05) is 42.8 Å². The lowest BCUT2D eigenvalue weighted by Gasteiger charge is -2.39. The molecule has 1 saturated heterocycles. The fraction of sp³-hybridized carbons (Fsp3) is 0.515. The van der Waals surface area contributed by atoms with Crippen molar-refractivity contribution in [2.24, 2.45) is 11.3 Å². The predicted octanol–water partition coefficient (Wildman–Crippen LogP) is 7.06. The van der Waals surface area contributed by atoms with Crippen LogP contribution in [0.4, 0.5) is 8.78 Å². The zero-order valence-electron chi connectivity index (χ0n) is 24.3. The van der Waals surface area contributed by atoms with Crippen molar-refractivity contribution in [1.29, 1.82) is 0 Å². The smallest absolute Gasteiger partial charge is 0.319 e. The molecular weight excluding hydrogens is 512 g/mol. The maximum Gasteiger partial charge on any atom is 0.319 e. The minimum absolute atomic E-state index is 0.0146. The van der Waals surface area contributed by atoms with Gasteiger partial charge >= 0.3 is 5.97 Å². The van der Waals surface area contributed by atoms with E-state index in [1.54, 1.807) is 31.2 Å². The van der Waals surface area contributed by atoms with E-state index in [1.807, 2.05) is 0 Å². The van der Waals surface area contributed by atoms with Crippen molar-refractivity contribution in [3.8, 4) is 0 Å². The molecule has 0 saturated carbocycles. The van der Waals surface area contributed by atoms with Gasteiger partial charge in [-0.2, -0.15) is 0 Å². The third-order valence-electron chi connectivity index (χ3n) is 7.69. The number of benzene rings is 2. The SMILES string of the molecule is CCOC(=O)C1(C(=O)CC(C)CCC=C(C)C)CCN(CCOC(c2ccc(F)cc2)c2ccc(F)cc2)CC1. The summed E-state index contributed by atoms with van der Waals surface area (Å²) in [5.74, 6) is -0.899. The fourth-order valence-electron chi connectivity index (χ4n) is 5.25. The summed E-state index contributed by atoms with van der Waals surface area (Å²) in [7, 11) is 0. The second-order valence-electron chi connectivity index (χ2n) is 11.1. The summed E-state index contributed by atoms with van der Waals surface area (Å²) in [4.78, 5) is 28.8. The van der Waals surface area contributed by atoms with E-state index < -0.39 is 17.5 Å². The Hall–Kier alpha value is -2.90. The second-order valence-corrected chi connectivity index (χ2v) is 11.1. The predicted molar refractivity (Wildman–Crippen MR) is 153 cm³/mol. The zero-order chi connectivity index (χ0) is 29.1. The summed E-state index contributed by atoms with van der Waals surface area (Å²) in [6.07, 6.45) is 4.75. The van der Waals surface area contributed by atoms with Gasteiger partial charge in [-0.3, -0.25) is 9.59 Å². The van der Waals surface area contributed by atoms with Gasteiger partial charge in [0.15, 0.2) is 5.78 Å². The van der Waals surface area contributed by atoms with Crippen molar-refractivity contribution in [2.45, 2.75) is 65.9 Å². The number of halogens is 2. The third-order valence-corrected chi connectivity index (χ3v) is 7.69. The molecule has 0 aromatic heterocycles. The molecule has 1 heterocycles. The number of nitrogens with zero attached hydrogens (tertiary/aromatic N) is 1. The van der Waals surface area contributed by atoms with E-state index in [0.717, 1.165) is 24.0 Å². The molecule has 40 heavy (non-hydrogen) atoms. The topological polar surface area (TPSA) is 55.8 Å². The molecule has 2 aromatic rings. The molecule has 7 heteroatoms. The van der Waals surface area contributed by atoms with Gasteiger partial charge in [0.2, 0.25) is 0 Å². The average Bonchev–Trinajstić information content (AvgIpc) is 2.92. The first kappa shape index (κ1) is 31.6. The normalized spacial score (nSPS) is 16.0. The Bertz CT molecular complexity index is 1070. The van der Waals surface area contributed by atoms with Crippen LogP contribution in [-0.4, -0.2) is 49.5 Å². The van der Waals surface area contributed by atoms with Crippen molar-refractivity contribution >= 4 is 11.8 Å². The maximum absolute atomic E-state index is 13.5. The van der Waals surface area contributed by atoms with Gasteiger partial charge < -0.3 is 14.4 Å². The monoisotopic (exact) mass is 555 g/mol. The number of hydrogen-bond donors (Lipinski definition) is 0. The van der Waals surface area contributed by atoms with Crippen LogP contribution in [0.3, 0.4) is 0 Å². The van der Waals surface area contributed by atoms with E-state index in [-0.39, 0.29) is 29.9 Å². The lowest BCUT2D eigenvalue weighted by Crippen LogP contribution is -2.50. The van der Waals surface area contributed by atoms with Gasteiger partial charge in [-0.25, -0.2) is 8.78 Å². The number of ether oxygens (including phenoxy) is 2. The van der Waals surface area contributed by atoms with E-state index >= 15 is 0 Å². The van der Waals surface area contributed by atoms with Crippen LogP contribution in [0.2, 0.25) is 0 Å². The number of likely N-dealkylation sites (tertiary alicyclic amines) is 1. The highest BCUT2D eigenvalue weighted by Gasteiger charge is 2.48. The molecule has 5 nitrogen and oxygen atoms in total. The van der Waals surface area contributed by atoms with Crippen LogP contribution in [0, 0.1) is 23.0 Å². The van der Waals surface area contributed by atoms with E-state index in [2.05, 4.69) is 31.7 Å². The number of rotatable bonds is 14. The Labute approximate surface area is 237 Å². The van der Waals surface area contributed by atoms with Gasteiger partial charge in [0.25, 0.3) is 0 Å². The lowest BCUT2D eigenvalue weighted by atomic mass is 9.72. The Morgan fingerprint density at radius 2 is 1.52 bits per heavy atom. The molecule has 3 rings (SSSR count). The molecule has 1 fully saturated rings. The van der Waals surface area contributed by atoms with Gasteiger partial charge in [0.05, 0.1) is 13.2 Å². The Morgan fingerprint density at radius 1 is 0.975 bits per heavy atom. The van der Waals surface area contributed by atoms with Crippen LogP contribution >= 0.6 is 0 Å². The molecule has 0 amide bonds. The number of piperidine rings is 1. The molecule has 1 aliphatic heterocycles. The number of carbonyl (C=O) groups excluding carboxylic acids is 2. The van der Waals surface area contributed by atoms with Gasteiger partial charge in [-0.05, 0) is 101 Å². The van der Waals surface area contributed by atoms with E-state index in [9.17, 15) is 18.4 Å². The minimum Gasteiger partial charge on any atom is -0.465 e. The molecular formula is C33H43F2NO4. The van der Waals surface area contributed by atoms with E-state index in [4.69, 9.17) is 9.47 Å². The fourth-order valence-corrected chi connectivity index (χ4v) is 5.25. The minimum atomic E-state index is -1.09. The van der Waals surface area contributed by atoms with Crippen LogP contribution in [0.25, 0.3) is 0 Å². The van der Waals surface area contributed by atoms with Gasteiger partial charge in [0, 0.05) is 13.0 Å². The summed E-state index contributed by atoms with van der Waals surface area (Å²) in [5.41, 5.74) is 1.72. The van der Waals surface area contributed by atoms with Crippen molar-refractivity contribution < 1.29 is 27.8 Å². The van der Waals surface area contributed by atoms with Gasteiger partial charge in [0.1, 0.15) is 23.2 Å². The maximum atomic E-state index is 13.5. The van der Waals surface area contributed by atoms with E-state index in [0.29, 0.717) is 45.5 Å². The third kappa shape index (κ3) is 8.80. The van der Waals surface area contributed by atoms with Crippen LogP contribution < -0.4 is 0 Å². The Kier molecular flexibility index (Phi) is 12.0. The Balaban J connectivity index is 1.61. The molecule has 218 valence electrons. The van der Waals surface area contributed by atoms with Gasteiger partial charge in [-0.15, -0.1) is 0 Å². The van der Waals surface area contributed by atoms with Crippen LogP contribution in [0.5, 0.6) is 0 Å². The number of carbonyl (C=O) groups is 2. The molecule has 0 aliphatic carbocycles. The number of Topliss-reactive ketones (excluding diaryl/α,β-unsaturated/α-hetero) is 1. The standard InChI is InChI=1S/C33H43F2NO4/c1-5-39-32(38)33(30(37)23-25(4)8-6-7-24(2)3)17-19-36(20-18-33)21-22-40-31(26-9-13-28(34)14-10-26)27-11-15-29(35)16-12-27/h7,9-16,25,31H,5-6,8,17-23H2,1-4H3. The first-order valence-electron chi connectivity index (χ1n) is 14.3. The highest BCUT2D eigenvalue weighted by atomic mass is 19.1. The van der Waals surface area contributed by atoms with Crippen LogP contribution in [0.1, 0.15) is 77.0 Å². The first-order valence-corrected chi connectivity index (χ1v) is 14.3. The number of hydrogen-bond acceptors (Lipinski definition) is 5. The highest BCUT2D eigenvalue weighted by molar-refractivity contribution is 6.04. The number of ketones is 1. The summed E-state index contributed by atoms with van der Waals surface area (Å²) >= 11 is 0. The number of allylic oxidation sites excluding steroid dienone is 2. The summed E-state index contributed by atoms with van der Waals surface area (Å²) in [5, 5.41) is 0. The van der Waals surface area contributed by atoms with Crippen molar-refractivity contribution in [3.05, 3.63) is 82.9 Å². The molecule has 1 unspecified atom stereocenters. The molecule has 0 radical (unpaired) electrons. The largest absolute Gasteiger partial charge is 0.465 e. The first-order chi connectivity index (χ1) is 19.1. The van der Waals surface area contributed by atoms with E-state index in [1.165, 1.54) is 29.8 Å². The van der Waals surface area contributed by atoms with Crippen molar-refractivity contribution in [1.82, 2.24) is 4.90 Å². The zero-order valence-corrected chi connectivity index (χ0v) is 24.3. The molecule has 0 bridgehead atoms. The quantitative estimate of drug-likeness (QED) is 0.142. The summed E-state index contributed by atoms with van der Waals surface area (Å²) in [6, 6.07) is 12.2. The lowest BCUT2D eigenvalue weighted by molar-refractivity contribution is -0.164. The summed E-state index contributed by atoms with van der Waals surface area (Å²) < 4.78 is 38.7. The second kappa shape index (κ2) is 15.2. The van der Waals surface area contributed by atoms with Crippen LogP contribution in [0.15, 0.2) is 60.2 Å². The van der Waals surface area contributed by atoms with Crippen molar-refractivity contribution in [3.63, 3.8) is 0 Å². The van der Waals surface area contributed by atoms with Crippen molar-refractivity contribution in [2.75, 3.05) is 32.8 Å². The van der Waals surface area contributed by atoms with Crippen LogP contribution in [-0.2, 0) is 19.1 Å². The molecule has 1 aliphatic rings. The molecule has 0 N–H and O–H groups in total. The average molecular weight is 556 g/mol. The Morgan fingerprint density at radius 3 is 2.02 bits per heavy atom.